The zero-order valence-corrected chi connectivity index (χ0v) is 15.3. The standard InChI is InChI=1S/C18H38N4O/c1-3-9-17(10-15-23)16-21-18(19-4-2)20-11-14-22-12-7-5-6-8-13-22/h17,23H,3-16H2,1-2H3,(H2,19,20,21). The van der Waals surface area contributed by atoms with E-state index in [1.54, 1.807) is 0 Å². The normalized spacial score (nSPS) is 18.5. The Morgan fingerprint density at radius 3 is 2.43 bits per heavy atom. The molecule has 0 spiro atoms. The highest BCUT2D eigenvalue weighted by Gasteiger charge is 2.09. The molecule has 136 valence electrons. The fraction of sp³-hybridized carbons (Fsp3) is 0.944. The highest BCUT2D eigenvalue weighted by Crippen LogP contribution is 2.11. The number of likely N-dealkylation sites (tertiary alicyclic amines) is 1. The summed E-state index contributed by atoms with van der Waals surface area (Å²) >= 11 is 0. The molecule has 1 heterocycles. The lowest BCUT2D eigenvalue weighted by Crippen LogP contribution is -2.42. The Morgan fingerprint density at radius 2 is 1.83 bits per heavy atom. The molecule has 0 aromatic rings. The van der Waals surface area contributed by atoms with Crippen molar-refractivity contribution < 1.29 is 5.11 Å². The highest BCUT2D eigenvalue weighted by molar-refractivity contribution is 5.79. The summed E-state index contributed by atoms with van der Waals surface area (Å²) in [6.07, 6.45) is 8.60. The Labute approximate surface area is 142 Å². The van der Waals surface area contributed by atoms with Crippen molar-refractivity contribution in [2.75, 3.05) is 45.9 Å². The summed E-state index contributed by atoms with van der Waals surface area (Å²) in [4.78, 5) is 7.28. The number of guanidine groups is 1. The lowest BCUT2D eigenvalue weighted by atomic mass is 10.0. The van der Waals surface area contributed by atoms with Crippen molar-refractivity contribution in [2.45, 2.75) is 58.8 Å². The fourth-order valence-electron chi connectivity index (χ4n) is 3.17. The third-order valence-corrected chi connectivity index (χ3v) is 4.51. The number of aliphatic hydroxyl groups excluding tert-OH is 1. The maximum atomic E-state index is 9.16. The average Bonchev–Trinajstić information content (AvgIpc) is 2.81. The summed E-state index contributed by atoms with van der Waals surface area (Å²) in [7, 11) is 0. The van der Waals surface area contributed by atoms with Crippen molar-refractivity contribution in [3.05, 3.63) is 0 Å². The van der Waals surface area contributed by atoms with Crippen molar-refractivity contribution in [2.24, 2.45) is 10.9 Å². The second kappa shape index (κ2) is 13.6. The molecule has 0 aliphatic carbocycles. The van der Waals surface area contributed by atoms with Crippen LogP contribution in [0.2, 0.25) is 0 Å². The molecule has 1 saturated heterocycles. The van der Waals surface area contributed by atoms with Crippen molar-refractivity contribution in [1.29, 1.82) is 0 Å². The smallest absolute Gasteiger partial charge is 0.191 e. The van der Waals surface area contributed by atoms with Crippen LogP contribution < -0.4 is 10.6 Å². The summed E-state index contributed by atoms with van der Waals surface area (Å²) in [5, 5.41) is 15.9. The van der Waals surface area contributed by atoms with Gasteiger partial charge >= 0.3 is 0 Å². The van der Waals surface area contributed by atoms with Crippen LogP contribution >= 0.6 is 0 Å². The molecule has 0 saturated carbocycles. The van der Waals surface area contributed by atoms with Crippen LogP contribution in [0, 0.1) is 5.92 Å². The number of hydrogen-bond acceptors (Lipinski definition) is 3. The van der Waals surface area contributed by atoms with E-state index in [1.807, 2.05) is 0 Å². The Hall–Kier alpha value is -0.810. The molecule has 5 nitrogen and oxygen atoms in total. The minimum absolute atomic E-state index is 0.263. The first kappa shape index (κ1) is 20.2. The minimum Gasteiger partial charge on any atom is -0.396 e. The number of aliphatic imine (C=N–C) groups is 1. The monoisotopic (exact) mass is 326 g/mol. The van der Waals surface area contributed by atoms with Crippen LogP contribution in [0.4, 0.5) is 0 Å². The van der Waals surface area contributed by atoms with Gasteiger partial charge in [0.2, 0.25) is 0 Å². The van der Waals surface area contributed by atoms with Crippen LogP contribution in [0.3, 0.4) is 0 Å². The number of nitrogens with one attached hydrogen (secondary N) is 2. The number of nitrogens with zero attached hydrogens (tertiary/aromatic N) is 2. The second-order valence-electron chi connectivity index (χ2n) is 6.57. The molecular weight excluding hydrogens is 288 g/mol. The van der Waals surface area contributed by atoms with Gasteiger partial charge in [-0.05, 0) is 51.6 Å². The van der Waals surface area contributed by atoms with Gasteiger partial charge < -0.3 is 20.6 Å². The molecule has 1 atom stereocenters. The Bertz CT molecular complexity index is 295. The van der Waals surface area contributed by atoms with Gasteiger partial charge in [0, 0.05) is 32.8 Å². The molecule has 1 unspecified atom stereocenters. The van der Waals surface area contributed by atoms with E-state index in [-0.39, 0.29) is 6.61 Å². The molecule has 0 aromatic heterocycles. The van der Waals surface area contributed by atoms with Crippen LogP contribution in [-0.4, -0.2) is 61.8 Å². The van der Waals surface area contributed by atoms with Gasteiger partial charge in [0.05, 0.1) is 0 Å². The van der Waals surface area contributed by atoms with Crippen molar-refractivity contribution >= 4 is 5.96 Å². The minimum atomic E-state index is 0.263. The van der Waals surface area contributed by atoms with E-state index >= 15 is 0 Å². The van der Waals surface area contributed by atoms with Crippen LogP contribution in [0.1, 0.15) is 58.8 Å². The first-order chi connectivity index (χ1) is 11.3. The molecule has 0 amide bonds. The van der Waals surface area contributed by atoms with Gasteiger partial charge in [-0.2, -0.15) is 0 Å². The summed E-state index contributed by atoms with van der Waals surface area (Å²) in [5.74, 6) is 1.41. The Morgan fingerprint density at radius 1 is 1.09 bits per heavy atom. The van der Waals surface area contributed by atoms with Gasteiger partial charge in [0.25, 0.3) is 0 Å². The quantitative estimate of drug-likeness (QED) is 0.425. The van der Waals surface area contributed by atoms with E-state index in [1.165, 1.54) is 38.8 Å². The average molecular weight is 327 g/mol. The van der Waals surface area contributed by atoms with Crippen LogP contribution in [0.5, 0.6) is 0 Å². The lowest BCUT2D eigenvalue weighted by molar-refractivity contribution is 0.253. The number of aliphatic hydroxyl groups is 1. The summed E-state index contributed by atoms with van der Waals surface area (Å²) < 4.78 is 0. The van der Waals surface area contributed by atoms with E-state index in [0.29, 0.717) is 5.92 Å². The lowest BCUT2D eigenvalue weighted by Gasteiger charge is -2.21. The van der Waals surface area contributed by atoms with E-state index in [0.717, 1.165) is 51.4 Å². The van der Waals surface area contributed by atoms with Gasteiger partial charge in [-0.25, -0.2) is 0 Å². The predicted octanol–water partition coefficient (Wildman–Crippen LogP) is 2.22. The SMILES string of the molecule is CCCC(CCO)CN=C(NCC)NCCN1CCCCCC1. The molecule has 1 fully saturated rings. The third kappa shape index (κ3) is 9.82. The molecule has 0 aromatic carbocycles. The molecule has 0 radical (unpaired) electrons. The Kier molecular flexibility index (Phi) is 12.0. The molecule has 1 aliphatic heterocycles. The van der Waals surface area contributed by atoms with E-state index < -0.39 is 0 Å². The third-order valence-electron chi connectivity index (χ3n) is 4.51. The van der Waals surface area contributed by atoms with Gasteiger partial charge in [0.1, 0.15) is 0 Å². The number of rotatable bonds is 10. The first-order valence-electron chi connectivity index (χ1n) is 9.65. The van der Waals surface area contributed by atoms with Crippen LogP contribution in [-0.2, 0) is 0 Å². The molecule has 3 N–H and O–H groups in total. The second-order valence-corrected chi connectivity index (χ2v) is 6.57. The van der Waals surface area contributed by atoms with Gasteiger partial charge in [-0.15, -0.1) is 0 Å². The molecule has 0 bridgehead atoms. The van der Waals surface area contributed by atoms with Crippen molar-refractivity contribution in [1.82, 2.24) is 15.5 Å². The maximum absolute atomic E-state index is 9.16. The first-order valence-corrected chi connectivity index (χ1v) is 9.65. The van der Waals surface area contributed by atoms with E-state index in [4.69, 9.17) is 10.1 Å². The summed E-state index contributed by atoms with van der Waals surface area (Å²) in [6, 6.07) is 0. The van der Waals surface area contributed by atoms with Crippen LogP contribution in [0.25, 0.3) is 0 Å². The highest BCUT2D eigenvalue weighted by atomic mass is 16.3. The topological polar surface area (TPSA) is 59.9 Å². The summed E-state index contributed by atoms with van der Waals surface area (Å²) in [6.45, 7) is 10.8. The molecule has 5 heteroatoms. The Balaban J connectivity index is 2.35. The van der Waals surface area contributed by atoms with Crippen molar-refractivity contribution in [3.8, 4) is 0 Å². The van der Waals surface area contributed by atoms with Gasteiger partial charge in [0.15, 0.2) is 5.96 Å². The number of hydrogen-bond donors (Lipinski definition) is 3. The molecule has 23 heavy (non-hydrogen) atoms. The molecule has 1 aliphatic rings. The summed E-state index contributed by atoms with van der Waals surface area (Å²) in [5.41, 5.74) is 0. The van der Waals surface area contributed by atoms with Crippen molar-refractivity contribution in [3.63, 3.8) is 0 Å². The van der Waals surface area contributed by atoms with Gasteiger partial charge in [-0.3, -0.25) is 4.99 Å². The zero-order valence-electron chi connectivity index (χ0n) is 15.3. The van der Waals surface area contributed by atoms with Gasteiger partial charge in [-0.1, -0.05) is 26.2 Å². The largest absolute Gasteiger partial charge is 0.396 e. The maximum Gasteiger partial charge on any atom is 0.191 e. The van der Waals surface area contributed by atoms with Crippen LogP contribution in [0.15, 0.2) is 4.99 Å². The molecule has 1 rings (SSSR count). The fourth-order valence-corrected chi connectivity index (χ4v) is 3.17. The van der Waals surface area contributed by atoms with E-state index in [9.17, 15) is 0 Å². The van der Waals surface area contributed by atoms with E-state index in [2.05, 4.69) is 29.4 Å². The molecular formula is C18H38N4O. The zero-order chi connectivity index (χ0) is 16.8. The predicted molar refractivity (Wildman–Crippen MR) is 99.0 cm³/mol.